The minimum Gasteiger partial charge on any atom is -0.388 e. The van der Waals surface area contributed by atoms with Crippen molar-refractivity contribution in [1.29, 1.82) is 0 Å². The van der Waals surface area contributed by atoms with Gasteiger partial charge in [0.2, 0.25) is 0 Å². The molecule has 3 aliphatic carbocycles. The van der Waals surface area contributed by atoms with E-state index in [9.17, 15) is 5.11 Å². The molecule has 0 aromatic heterocycles. The van der Waals surface area contributed by atoms with Crippen LogP contribution in [0.4, 0.5) is 0 Å². The van der Waals surface area contributed by atoms with E-state index in [0.717, 1.165) is 38.3 Å². The molecule has 92 valence electrons. The molecule has 0 spiro atoms. The molecule has 3 saturated carbocycles. The zero-order valence-electron chi connectivity index (χ0n) is 10.0. The summed E-state index contributed by atoms with van der Waals surface area (Å²) in [5.74, 6) is 1.36. The van der Waals surface area contributed by atoms with Gasteiger partial charge in [0, 0.05) is 5.54 Å². The third-order valence-electron chi connectivity index (χ3n) is 5.50. The molecule has 0 amide bonds. The van der Waals surface area contributed by atoms with E-state index < -0.39 is 5.60 Å². The van der Waals surface area contributed by atoms with Crippen molar-refractivity contribution >= 4 is 0 Å². The van der Waals surface area contributed by atoms with Gasteiger partial charge >= 0.3 is 0 Å². The van der Waals surface area contributed by atoms with Crippen LogP contribution in [-0.2, 0) is 0 Å². The summed E-state index contributed by atoms with van der Waals surface area (Å²) in [5, 5.41) is 14.2. The fourth-order valence-electron chi connectivity index (χ4n) is 4.40. The number of hydrogen-bond acceptors (Lipinski definition) is 3. The number of nitrogens with one attached hydrogen (secondary N) is 1. The van der Waals surface area contributed by atoms with Gasteiger partial charge in [-0.05, 0) is 57.0 Å². The van der Waals surface area contributed by atoms with Crippen molar-refractivity contribution in [2.75, 3.05) is 13.1 Å². The van der Waals surface area contributed by atoms with Crippen LogP contribution in [0.3, 0.4) is 0 Å². The Hall–Kier alpha value is -0.120. The van der Waals surface area contributed by atoms with E-state index in [4.69, 9.17) is 5.73 Å². The smallest absolute Gasteiger partial charge is 0.0853 e. The Morgan fingerprint density at radius 2 is 1.69 bits per heavy atom. The van der Waals surface area contributed by atoms with Gasteiger partial charge in [-0.1, -0.05) is 12.8 Å². The molecular weight excluding hydrogens is 200 g/mol. The molecule has 1 aliphatic heterocycles. The molecule has 3 nitrogen and oxygen atoms in total. The second-order valence-electron chi connectivity index (χ2n) is 6.24. The summed E-state index contributed by atoms with van der Waals surface area (Å²) in [6.45, 7) is 1.85. The van der Waals surface area contributed by atoms with Gasteiger partial charge < -0.3 is 16.2 Å². The summed E-state index contributed by atoms with van der Waals surface area (Å²) in [4.78, 5) is 0. The standard InChI is InChI=1S/C13H24N2O/c14-13(12(16)5-7-15-8-6-12)9-10-1-3-11(13)4-2-10/h10-11,15-16H,1-9,14H2. The van der Waals surface area contributed by atoms with Crippen LogP contribution in [-0.4, -0.2) is 29.3 Å². The van der Waals surface area contributed by atoms with Gasteiger partial charge in [0.1, 0.15) is 0 Å². The monoisotopic (exact) mass is 224 g/mol. The first kappa shape index (κ1) is 11.0. The largest absolute Gasteiger partial charge is 0.388 e. The SMILES string of the molecule is NC1(C2(O)CCNCC2)CC2CCC1CC2. The zero-order valence-corrected chi connectivity index (χ0v) is 10.0. The maximum atomic E-state index is 10.9. The highest BCUT2D eigenvalue weighted by Crippen LogP contribution is 2.52. The number of piperidine rings is 1. The van der Waals surface area contributed by atoms with Crippen LogP contribution in [0.1, 0.15) is 44.9 Å². The number of hydrogen-bond donors (Lipinski definition) is 3. The molecule has 1 saturated heterocycles. The van der Waals surface area contributed by atoms with E-state index in [0.29, 0.717) is 5.92 Å². The predicted molar refractivity (Wildman–Crippen MR) is 64.0 cm³/mol. The average molecular weight is 224 g/mol. The van der Waals surface area contributed by atoms with Crippen molar-refractivity contribution in [2.24, 2.45) is 17.6 Å². The molecular formula is C13H24N2O. The molecule has 1 unspecified atom stereocenters. The maximum absolute atomic E-state index is 10.9. The zero-order chi connectivity index (χ0) is 11.2. The molecule has 4 rings (SSSR count). The summed E-state index contributed by atoms with van der Waals surface area (Å²) < 4.78 is 0. The molecule has 1 atom stereocenters. The topological polar surface area (TPSA) is 58.3 Å². The summed E-state index contributed by atoms with van der Waals surface area (Å²) in [6.07, 6.45) is 7.93. The second kappa shape index (κ2) is 3.69. The number of rotatable bonds is 1. The van der Waals surface area contributed by atoms with Gasteiger partial charge in [-0.25, -0.2) is 0 Å². The quantitative estimate of drug-likeness (QED) is 0.623. The van der Waals surface area contributed by atoms with Crippen LogP contribution < -0.4 is 11.1 Å². The van der Waals surface area contributed by atoms with Crippen LogP contribution in [0.15, 0.2) is 0 Å². The fraction of sp³-hybridized carbons (Fsp3) is 1.00. The van der Waals surface area contributed by atoms with Crippen molar-refractivity contribution < 1.29 is 5.11 Å². The Bertz CT molecular complexity index is 267. The third-order valence-corrected chi connectivity index (χ3v) is 5.50. The number of nitrogens with two attached hydrogens (primary N) is 1. The molecule has 1 heterocycles. The van der Waals surface area contributed by atoms with Crippen LogP contribution in [0.25, 0.3) is 0 Å². The summed E-state index contributed by atoms with van der Waals surface area (Å²) in [7, 11) is 0. The summed E-state index contributed by atoms with van der Waals surface area (Å²) in [5.41, 5.74) is 5.80. The van der Waals surface area contributed by atoms with Gasteiger partial charge in [-0.2, -0.15) is 0 Å². The van der Waals surface area contributed by atoms with E-state index in [1.165, 1.54) is 25.7 Å². The summed E-state index contributed by atoms with van der Waals surface area (Å²) >= 11 is 0. The van der Waals surface area contributed by atoms with E-state index in [1.54, 1.807) is 0 Å². The van der Waals surface area contributed by atoms with Crippen molar-refractivity contribution in [2.45, 2.75) is 56.1 Å². The van der Waals surface area contributed by atoms with Gasteiger partial charge in [0.15, 0.2) is 0 Å². The lowest BCUT2D eigenvalue weighted by Crippen LogP contribution is -2.70. The van der Waals surface area contributed by atoms with Crippen molar-refractivity contribution in [3.05, 3.63) is 0 Å². The molecule has 0 radical (unpaired) electrons. The van der Waals surface area contributed by atoms with Crippen LogP contribution in [0.2, 0.25) is 0 Å². The highest BCUT2D eigenvalue weighted by atomic mass is 16.3. The first-order chi connectivity index (χ1) is 7.64. The van der Waals surface area contributed by atoms with Crippen molar-refractivity contribution in [1.82, 2.24) is 5.32 Å². The Balaban J connectivity index is 1.86. The Labute approximate surface area is 97.8 Å². The molecule has 2 bridgehead atoms. The van der Waals surface area contributed by atoms with E-state index >= 15 is 0 Å². The first-order valence-corrected chi connectivity index (χ1v) is 6.86. The second-order valence-corrected chi connectivity index (χ2v) is 6.24. The Morgan fingerprint density at radius 1 is 1.06 bits per heavy atom. The maximum Gasteiger partial charge on any atom is 0.0853 e. The highest BCUT2D eigenvalue weighted by Gasteiger charge is 2.56. The lowest BCUT2D eigenvalue weighted by molar-refractivity contribution is -0.121. The molecule has 4 N–H and O–H groups in total. The summed E-state index contributed by atoms with van der Waals surface area (Å²) in [6, 6.07) is 0. The average Bonchev–Trinajstić information content (AvgIpc) is 2.31. The molecule has 16 heavy (non-hydrogen) atoms. The minimum absolute atomic E-state index is 0.281. The molecule has 0 aromatic rings. The number of fused-ring (bicyclic) bond motifs is 3. The lowest BCUT2D eigenvalue weighted by Gasteiger charge is -2.58. The number of aliphatic hydroxyl groups is 1. The Morgan fingerprint density at radius 3 is 2.19 bits per heavy atom. The molecule has 4 aliphatic rings. The van der Waals surface area contributed by atoms with Gasteiger partial charge in [0.25, 0.3) is 0 Å². The van der Waals surface area contributed by atoms with Crippen LogP contribution in [0.5, 0.6) is 0 Å². The van der Waals surface area contributed by atoms with Gasteiger partial charge in [0.05, 0.1) is 5.60 Å². The molecule has 4 fully saturated rings. The molecule has 3 heteroatoms. The highest BCUT2D eigenvalue weighted by molar-refractivity contribution is 5.13. The molecule has 0 aromatic carbocycles. The van der Waals surface area contributed by atoms with Crippen LogP contribution >= 0.6 is 0 Å². The van der Waals surface area contributed by atoms with Crippen molar-refractivity contribution in [3.63, 3.8) is 0 Å². The lowest BCUT2D eigenvalue weighted by atomic mass is 9.53. The normalized spacial score (nSPS) is 46.9. The van der Waals surface area contributed by atoms with Gasteiger partial charge in [-0.15, -0.1) is 0 Å². The van der Waals surface area contributed by atoms with Gasteiger partial charge in [-0.3, -0.25) is 0 Å². The van der Waals surface area contributed by atoms with E-state index in [1.807, 2.05) is 0 Å². The predicted octanol–water partition coefficient (Wildman–Crippen LogP) is 1.01. The Kier molecular flexibility index (Phi) is 2.54. The van der Waals surface area contributed by atoms with Crippen LogP contribution in [0, 0.1) is 11.8 Å². The third kappa shape index (κ3) is 1.45. The van der Waals surface area contributed by atoms with Crippen molar-refractivity contribution in [3.8, 4) is 0 Å². The van der Waals surface area contributed by atoms with E-state index in [2.05, 4.69) is 5.32 Å². The van der Waals surface area contributed by atoms with E-state index in [-0.39, 0.29) is 5.54 Å². The first-order valence-electron chi connectivity index (χ1n) is 6.86. The fourth-order valence-corrected chi connectivity index (χ4v) is 4.40. The minimum atomic E-state index is -0.595.